The molecule has 1 atom stereocenters. The largest absolute Gasteiger partial charge is 0.490 e. The lowest BCUT2D eigenvalue weighted by atomic mass is 10.1. The van der Waals surface area contributed by atoms with E-state index in [0.717, 1.165) is 12.1 Å². The molecule has 1 aromatic heterocycles. The number of rotatable bonds is 8. The van der Waals surface area contributed by atoms with Crippen LogP contribution in [0, 0.1) is 0 Å². The zero-order valence-corrected chi connectivity index (χ0v) is 18.7. The summed E-state index contributed by atoms with van der Waals surface area (Å²) < 4.78 is 16.6. The van der Waals surface area contributed by atoms with Crippen LogP contribution < -0.4 is 25.2 Å². The Kier molecular flexibility index (Phi) is 6.83. The van der Waals surface area contributed by atoms with Crippen LogP contribution in [0.15, 0.2) is 65.3 Å². The van der Waals surface area contributed by atoms with Crippen LogP contribution in [0.4, 0.5) is 5.69 Å². The molecule has 0 spiro atoms. The number of anilines is 1. The minimum absolute atomic E-state index is 0.273. The molecule has 2 heterocycles. The molecule has 0 saturated heterocycles. The fraction of sp³-hybridized carbons (Fsp3) is 0.280. The Labute approximate surface area is 192 Å². The second-order valence-electron chi connectivity index (χ2n) is 7.74. The molecule has 1 unspecified atom stereocenters. The highest BCUT2D eigenvalue weighted by molar-refractivity contribution is 5.96. The van der Waals surface area contributed by atoms with Crippen molar-refractivity contribution in [2.75, 3.05) is 18.1 Å². The summed E-state index contributed by atoms with van der Waals surface area (Å²) in [7, 11) is 0. The third kappa shape index (κ3) is 5.11. The van der Waals surface area contributed by atoms with Gasteiger partial charge in [0.15, 0.2) is 18.1 Å². The molecule has 1 aliphatic heterocycles. The van der Waals surface area contributed by atoms with E-state index < -0.39 is 11.8 Å². The van der Waals surface area contributed by atoms with Crippen molar-refractivity contribution in [1.82, 2.24) is 10.9 Å². The number of para-hydroxylation sites is 3. The number of nitrogens with zero attached hydrogens (tertiary/aromatic N) is 1. The summed E-state index contributed by atoms with van der Waals surface area (Å²) in [5, 5.41) is 0. The quantitative estimate of drug-likeness (QED) is 0.512. The van der Waals surface area contributed by atoms with Gasteiger partial charge < -0.3 is 18.8 Å². The van der Waals surface area contributed by atoms with Crippen molar-refractivity contribution < 1.29 is 23.5 Å². The van der Waals surface area contributed by atoms with E-state index in [0.29, 0.717) is 42.0 Å². The standard InChI is InChI=1S/C25H27N3O5/c1-3-31-21-10-6-7-11-22(21)33-16-24(29)26-27-25(30)19-12-13-32-23(19)15-28-17(2)14-18-8-4-5-9-20(18)28/h4-13,17H,3,14-16H2,1-2H3,(H,26,29)(H,27,30). The Hall–Kier alpha value is -3.94. The summed E-state index contributed by atoms with van der Waals surface area (Å²) in [6, 6.07) is 17.2. The zero-order valence-electron chi connectivity index (χ0n) is 18.7. The van der Waals surface area contributed by atoms with Gasteiger partial charge in [0, 0.05) is 11.7 Å². The number of hydrazine groups is 1. The van der Waals surface area contributed by atoms with Crippen LogP contribution in [0.25, 0.3) is 0 Å². The van der Waals surface area contributed by atoms with E-state index in [9.17, 15) is 9.59 Å². The SMILES string of the molecule is CCOc1ccccc1OCC(=O)NNC(=O)c1ccoc1CN1c2ccccc2CC1C. The molecule has 2 amide bonds. The summed E-state index contributed by atoms with van der Waals surface area (Å²) in [4.78, 5) is 27.1. The summed E-state index contributed by atoms with van der Waals surface area (Å²) >= 11 is 0. The molecule has 3 aromatic rings. The first kappa shape index (κ1) is 22.3. The molecule has 172 valence electrons. The van der Waals surface area contributed by atoms with Gasteiger partial charge in [0.1, 0.15) is 5.76 Å². The third-order valence-corrected chi connectivity index (χ3v) is 5.48. The molecule has 2 N–H and O–H groups in total. The van der Waals surface area contributed by atoms with E-state index >= 15 is 0 Å². The van der Waals surface area contributed by atoms with Crippen LogP contribution >= 0.6 is 0 Å². The number of hydrogen-bond acceptors (Lipinski definition) is 6. The molecule has 0 saturated carbocycles. The molecule has 33 heavy (non-hydrogen) atoms. The number of ether oxygens (including phenoxy) is 2. The van der Waals surface area contributed by atoms with Gasteiger partial charge in [0.25, 0.3) is 11.8 Å². The molecule has 4 rings (SSSR count). The zero-order chi connectivity index (χ0) is 23.2. The van der Waals surface area contributed by atoms with Crippen LogP contribution in [0.5, 0.6) is 11.5 Å². The predicted molar refractivity (Wildman–Crippen MR) is 123 cm³/mol. The average molecular weight is 450 g/mol. The second kappa shape index (κ2) is 10.1. The second-order valence-corrected chi connectivity index (χ2v) is 7.74. The number of carbonyl (C=O) groups is 2. The minimum Gasteiger partial charge on any atom is -0.490 e. The predicted octanol–water partition coefficient (Wildman–Crippen LogP) is 3.47. The van der Waals surface area contributed by atoms with E-state index in [4.69, 9.17) is 13.9 Å². The van der Waals surface area contributed by atoms with Crippen LogP contribution in [0.3, 0.4) is 0 Å². The molecular formula is C25H27N3O5. The monoisotopic (exact) mass is 449 g/mol. The molecular weight excluding hydrogens is 422 g/mol. The molecule has 1 aliphatic rings. The fourth-order valence-corrected chi connectivity index (χ4v) is 3.91. The topological polar surface area (TPSA) is 93.0 Å². The van der Waals surface area contributed by atoms with Gasteiger partial charge in [-0.3, -0.25) is 20.4 Å². The summed E-state index contributed by atoms with van der Waals surface area (Å²) in [5.74, 6) is 0.589. The Morgan fingerprint density at radius 1 is 1.03 bits per heavy atom. The van der Waals surface area contributed by atoms with Gasteiger partial charge in [-0.15, -0.1) is 0 Å². The fourth-order valence-electron chi connectivity index (χ4n) is 3.91. The molecule has 0 aliphatic carbocycles. The lowest BCUT2D eigenvalue weighted by molar-refractivity contribution is -0.123. The van der Waals surface area contributed by atoms with Gasteiger partial charge in [-0.05, 0) is 50.1 Å². The number of carbonyl (C=O) groups excluding carboxylic acids is 2. The average Bonchev–Trinajstić information content (AvgIpc) is 3.41. The van der Waals surface area contributed by atoms with Crippen molar-refractivity contribution in [2.24, 2.45) is 0 Å². The van der Waals surface area contributed by atoms with Crippen molar-refractivity contribution in [3.63, 3.8) is 0 Å². The van der Waals surface area contributed by atoms with E-state index in [2.05, 4.69) is 34.8 Å². The normalized spacial score (nSPS) is 14.5. The van der Waals surface area contributed by atoms with E-state index in [1.807, 2.05) is 25.1 Å². The van der Waals surface area contributed by atoms with Gasteiger partial charge in [-0.1, -0.05) is 30.3 Å². The number of furan rings is 1. The number of hydrogen-bond donors (Lipinski definition) is 2. The molecule has 8 nitrogen and oxygen atoms in total. The van der Waals surface area contributed by atoms with Gasteiger partial charge >= 0.3 is 0 Å². The number of fused-ring (bicyclic) bond motifs is 1. The third-order valence-electron chi connectivity index (χ3n) is 5.48. The summed E-state index contributed by atoms with van der Waals surface area (Å²) in [6.45, 7) is 4.68. The maximum atomic E-state index is 12.7. The number of nitrogens with one attached hydrogen (secondary N) is 2. The van der Waals surface area contributed by atoms with E-state index in [-0.39, 0.29) is 6.61 Å². The summed E-state index contributed by atoms with van der Waals surface area (Å²) in [6.07, 6.45) is 2.42. The Morgan fingerprint density at radius 2 is 1.76 bits per heavy atom. The van der Waals surface area contributed by atoms with Crippen molar-refractivity contribution in [3.8, 4) is 11.5 Å². The maximum Gasteiger partial charge on any atom is 0.276 e. The van der Waals surface area contributed by atoms with Crippen molar-refractivity contribution in [3.05, 3.63) is 77.7 Å². The number of amides is 2. The number of benzene rings is 2. The molecule has 0 fully saturated rings. The van der Waals surface area contributed by atoms with Crippen LogP contribution in [-0.2, 0) is 17.8 Å². The van der Waals surface area contributed by atoms with Crippen LogP contribution in [0.2, 0.25) is 0 Å². The molecule has 0 radical (unpaired) electrons. The van der Waals surface area contributed by atoms with Gasteiger partial charge in [0.05, 0.1) is 25.0 Å². The van der Waals surface area contributed by atoms with E-state index in [1.54, 1.807) is 24.3 Å². The Bertz CT molecular complexity index is 1130. The molecule has 8 heteroatoms. The van der Waals surface area contributed by atoms with Crippen molar-refractivity contribution >= 4 is 17.5 Å². The lowest BCUT2D eigenvalue weighted by Crippen LogP contribution is -2.44. The smallest absolute Gasteiger partial charge is 0.276 e. The molecule has 2 aromatic carbocycles. The van der Waals surface area contributed by atoms with Crippen molar-refractivity contribution in [2.45, 2.75) is 32.9 Å². The first-order valence-electron chi connectivity index (χ1n) is 10.9. The van der Waals surface area contributed by atoms with Crippen LogP contribution in [-0.4, -0.2) is 31.1 Å². The minimum atomic E-state index is -0.498. The van der Waals surface area contributed by atoms with E-state index in [1.165, 1.54) is 11.8 Å². The molecule has 0 bridgehead atoms. The van der Waals surface area contributed by atoms with Crippen LogP contribution in [0.1, 0.15) is 35.5 Å². The highest BCUT2D eigenvalue weighted by Crippen LogP contribution is 2.33. The summed E-state index contributed by atoms with van der Waals surface area (Å²) in [5.41, 5.74) is 7.60. The van der Waals surface area contributed by atoms with Crippen molar-refractivity contribution in [1.29, 1.82) is 0 Å². The van der Waals surface area contributed by atoms with Gasteiger partial charge in [-0.2, -0.15) is 0 Å². The highest BCUT2D eigenvalue weighted by atomic mass is 16.5. The first-order valence-corrected chi connectivity index (χ1v) is 10.9. The Morgan fingerprint density at radius 3 is 2.55 bits per heavy atom. The highest BCUT2D eigenvalue weighted by Gasteiger charge is 2.28. The van der Waals surface area contributed by atoms with Gasteiger partial charge in [0.2, 0.25) is 0 Å². The maximum absolute atomic E-state index is 12.7. The lowest BCUT2D eigenvalue weighted by Gasteiger charge is -2.24. The van der Waals surface area contributed by atoms with Gasteiger partial charge in [-0.25, -0.2) is 0 Å². The first-order chi connectivity index (χ1) is 16.1. The Balaban J connectivity index is 1.32.